The standard InChI is InChI=1S/C10H8N4/c1-14-7-9(10(6-11)13-14)8-2-4-12-5-3-8/h2-5,7H,1H3. The van der Waals surface area contributed by atoms with Crippen molar-refractivity contribution in [1.29, 1.82) is 5.26 Å². The molecule has 0 atom stereocenters. The van der Waals surface area contributed by atoms with Gasteiger partial charge in [-0.05, 0) is 17.7 Å². The molecule has 0 saturated heterocycles. The van der Waals surface area contributed by atoms with Crippen LogP contribution in [-0.4, -0.2) is 14.8 Å². The van der Waals surface area contributed by atoms with Gasteiger partial charge in [-0.1, -0.05) is 0 Å². The van der Waals surface area contributed by atoms with Crippen LogP contribution in [0.5, 0.6) is 0 Å². The molecular weight excluding hydrogens is 176 g/mol. The second-order valence-corrected chi connectivity index (χ2v) is 2.91. The van der Waals surface area contributed by atoms with Gasteiger partial charge in [-0.15, -0.1) is 0 Å². The molecule has 4 heteroatoms. The largest absolute Gasteiger partial charge is 0.274 e. The molecule has 0 saturated carbocycles. The molecule has 0 radical (unpaired) electrons. The van der Waals surface area contributed by atoms with Gasteiger partial charge in [0.25, 0.3) is 0 Å². The van der Waals surface area contributed by atoms with Crippen molar-refractivity contribution < 1.29 is 0 Å². The zero-order valence-corrected chi connectivity index (χ0v) is 7.68. The normalized spacial score (nSPS) is 9.71. The summed E-state index contributed by atoms with van der Waals surface area (Å²) in [5.74, 6) is 0. The summed E-state index contributed by atoms with van der Waals surface area (Å²) in [4.78, 5) is 3.92. The number of pyridine rings is 1. The summed E-state index contributed by atoms with van der Waals surface area (Å²) in [6.07, 6.45) is 5.22. The highest BCUT2D eigenvalue weighted by Crippen LogP contribution is 2.20. The maximum Gasteiger partial charge on any atom is 0.170 e. The molecule has 2 heterocycles. The number of aryl methyl sites for hydroxylation is 1. The van der Waals surface area contributed by atoms with E-state index in [9.17, 15) is 0 Å². The number of nitrogens with zero attached hydrogens (tertiary/aromatic N) is 4. The van der Waals surface area contributed by atoms with Gasteiger partial charge < -0.3 is 0 Å². The predicted octanol–water partition coefficient (Wildman–Crippen LogP) is 1.35. The van der Waals surface area contributed by atoms with Crippen LogP contribution in [-0.2, 0) is 7.05 Å². The molecule has 0 N–H and O–H groups in total. The van der Waals surface area contributed by atoms with E-state index >= 15 is 0 Å². The van der Waals surface area contributed by atoms with Crippen LogP contribution in [0.1, 0.15) is 5.69 Å². The van der Waals surface area contributed by atoms with E-state index in [0.717, 1.165) is 11.1 Å². The van der Waals surface area contributed by atoms with Crippen molar-refractivity contribution in [3.05, 3.63) is 36.4 Å². The Morgan fingerprint density at radius 3 is 2.71 bits per heavy atom. The van der Waals surface area contributed by atoms with Gasteiger partial charge in [0.2, 0.25) is 0 Å². The van der Waals surface area contributed by atoms with Gasteiger partial charge in [-0.3, -0.25) is 9.67 Å². The molecular formula is C10H8N4. The maximum absolute atomic E-state index is 8.85. The van der Waals surface area contributed by atoms with Gasteiger partial charge in [0.1, 0.15) is 6.07 Å². The van der Waals surface area contributed by atoms with Crippen LogP contribution in [0.2, 0.25) is 0 Å². The van der Waals surface area contributed by atoms with E-state index < -0.39 is 0 Å². The lowest BCUT2D eigenvalue weighted by molar-refractivity contribution is 0.763. The molecule has 0 spiro atoms. The minimum atomic E-state index is 0.443. The van der Waals surface area contributed by atoms with Gasteiger partial charge in [0, 0.05) is 31.2 Å². The Balaban J connectivity index is 2.58. The smallest absolute Gasteiger partial charge is 0.170 e. The number of hydrogen-bond donors (Lipinski definition) is 0. The zero-order chi connectivity index (χ0) is 9.97. The molecule has 68 valence electrons. The number of nitriles is 1. The molecule has 0 unspecified atom stereocenters. The van der Waals surface area contributed by atoms with E-state index in [1.165, 1.54) is 0 Å². The third-order valence-corrected chi connectivity index (χ3v) is 1.93. The molecule has 4 nitrogen and oxygen atoms in total. The molecule has 0 aliphatic heterocycles. The lowest BCUT2D eigenvalue weighted by Crippen LogP contribution is -1.86. The highest BCUT2D eigenvalue weighted by atomic mass is 15.2. The molecule has 0 aliphatic carbocycles. The molecule has 2 rings (SSSR count). The lowest BCUT2D eigenvalue weighted by atomic mass is 10.1. The van der Waals surface area contributed by atoms with Crippen LogP contribution >= 0.6 is 0 Å². The third kappa shape index (κ3) is 1.36. The number of rotatable bonds is 1. The Morgan fingerprint density at radius 1 is 1.36 bits per heavy atom. The Labute approximate surface area is 81.4 Å². The quantitative estimate of drug-likeness (QED) is 0.672. The summed E-state index contributed by atoms with van der Waals surface area (Å²) in [6.45, 7) is 0. The van der Waals surface area contributed by atoms with Gasteiger partial charge in [-0.2, -0.15) is 10.4 Å². The van der Waals surface area contributed by atoms with Crippen LogP contribution in [0.3, 0.4) is 0 Å². The molecule has 0 bridgehead atoms. The average Bonchev–Trinajstić information content (AvgIpc) is 2.61. The molecule has 0 aromatic carbocycles. The second-order valence-electron chi connectivity index (χ2n) is 2.91. The fourth-order valence-corrected chi connectivity index (χ4v) is 1.31. The van der Waals surface area contributed by atoms with Crippen molar-refractivity contribution in [2.24, 2.45) is 7.05 Å². The van der Waals surface area contributed by atoms with Crippen LogP contribution in [0.25, 0.3) is 11.1 Å². The summed E-state index contributed by atoms with van der Waals surface area (Å²) in [5, 5.41) is 12.9. The Bertz CT molecular complexity index is 479. The van der Waals surface area contributed by atoms with Crippen LogP contribution in [0, 0.1) is 11.3 Å². The summed E-state index contributed by atoms with van der Waals surface area (Å²) < 4.78 is 1.63. The minimum absolute atomic E-state index is 0.443. The molecule has 0 fully saturated rings. The van der Waals surface area contributed by atoms with Crippen LogP contribution in [0.4, 0.5) is 0 Å². The SMILES string of the molecule is Cn1cc(-c2ccncc2)c(C#N)n1. The summed E-state index contributed by atoms with van der Waals surface area (Å²) >= 11 is 0. The first-order chi connectivity index (χ1) is 6.81. The highest BCUT2D eigenvalue weighted by molar-refractivity contribution is 5.67. The van der Waals surface area contributed by atoms with Crippen molar-refractivity contribution in [2.45, 2.75) is 0 Å². The Hall–Kier alpha value is -2.15. The first-order valence-corrected chi connectivity index (χ1v) is 4.15. The Morgan fingerprint density at radius 2 is 2.07 bits per heavy atom. The van der Waals surface area contributed by atoms with Crippen molar-refractivity contribution in [3.8, 4) is 17.2 Å². The van der Waals surface area contributed by atoms with E-state index in [1.807, 2.05) is 18.3 Å². The van der Waals surface area contributed by atoms with Crippen molar-refractivity contribution in [2.75, 3.05) is 0 Å². The summed E-state index contributed by atoms with van der Waals surface area (Å²) in [5.41, 5.74) is 2.25. The van der Waals surface area contributed by atoms with Crippen LogP contribution in [0.15, 0.2) is 30.7 Å². The van der Waals surface area contributed by atoms with Crippen LogP contribution < -0.4 is 0 Å². The van der Waals surface area contributed by atoms with Gasteiger partial charge in [-0.25, -0.2) is 0 Å². The van der Waals surface area contributed by atoms with Gasteiger partial charge in [0.15, 0.2) is 5.69 Å². The average molecular weight is 184 g/mol. The third-order valence-electron chi connectivity index (χ3n) is 1.93. The predicted molar refractivity (Wildman–Crippen MR) is 51.2 cm³/mol. The van der Waals surface area contributed by atoms with E-state index in [4.69, 9.17) is 5.26 Å². The van der Waals surface area contributed by atoms with E-state index in [1.54, 1.807) is 24.1 Å². The maximum atomic E-state index is 8.85. The fraction of sp³-hybridized carbons (Fsp3) is 0.100. The van der Waals surface area contributed by atoms with Crippen molar-refractivity contribution >= 4 is 0 Å². The monoisotopic (exact) mass is 184 g/mol. The molecule has 2 aromatic rings. The summed E-state index contributed by atoms with van der Waals surface area (Å²) in [6, 6.07) is 5.78. The Kier molecular flexibility index (Phi) is 1.99. The first-order valence-electron chi connectivity index (χ1n) is 4.15. The van der Waals surface area contributed by atoms with E-state index in [-0.39, 0.29) is 0 Å². The fourth-order valence-electron chi connectivity index (χ4n) is 1.31. The van der Waals surface area contributed by atoms with Gasteiger partial charge in [0.05, 0.1) is 0 Å². The lowest BCUT2D eigenvalue weighted by Gasteiger charge is -1.94. The highest BCUT2D eigenvalue weighted by Gasteiger charge is 2.08. The topological polar surface area (TPSA) is 54.5 Å². The molecule has 0 amide bonds. The second kappa shape index (κ2) is 3.30. The molecule has 14 heavy (non-hydrogen) atoms. The van der Waals surface area contributed by atoms with Crippen molar-refractivity contribution in [3.63, 3.8) is 0 Å². The first kappa shape index (κ1) is 8.45. The van der Waals surface area contributed by atoms with Crippen molar-refractivity contribution in [1.82, 2.24) is 14.8 Å². The van der Waals surface area contributed by atoms with Gasteiger partial charge >= 0.3 is 0 Å². The minimum Gasteiger partial charge on any atom is -0.274 e. The zero-order valence-electron chi connectivity index (χ0n) is 7.68. The number of aromatic nitrogens is 3. The van der Waals surface area contributed by atoms with E-state index in [0.29, 0.717) is 5.69 Å². The molecule has 2 aromatic heterocycles. The molecule has 0 aliphatic rings. The van der Waals surface area contributed by atoms with E-state index in [2.05, 4.69) is 16.2 Å². The number of hydrogen-bond acceptors (Lipinski definition) is 3. The summed E-state index contributed by atoms with van der Waals surface area (Å²) in [7, 11) is 1.80.